The molecule has 0 aliphatic rings. The highest BCUT2D eigenvalue weighted by Crippen LogP contribution is 2.19. The summed E-state index contributed by atoms with van der Waals surface area (Å²) in [5, 5.41) is 8.97. The van der Waals surface area contributed by atoms with Crippen LogP contribution in [-0.4, -0.2) is 10.8 Å². The first-order valence-electron chi connectivity index (χ1n) is 7.71. The summed E-state index contributed by atoms with van der Waals surface area (Å²) in [6.07, 6.45) is 0. The molecular weight excluding hydrogens is 318 g/mol. The summed E-state index contributed by atoms with van der Waals surface area (Å²) in [5.74, 6) is 0.721. The molecule has 0 unspecified atom stereocenters. The molecule has 0 radical (unpaired) electrons. The van der Waals surface area contributed by atoms with Gasteiger partial charge >= 0.3 is 0 Å². The van der Waals surface area contributed by atoms with Gasteiger partial charge in [0.25, 0.3) is 0 Å². The number of para-hydroxylation sites is 1. The topological polar surface area (TPSA) is 49.6 Å². The van der Waals surface area contributed by atoms with Gasteiger partial charge in [-0.15, -0.1) is 0 Å². The summed E-state index contributed by atoms with van der Waals surface area (Å²) in [5.41, 5.74) is 7.80. The Hall–Kier alpha value is -2.66. The maximum absolute atomic E-state index is 5.78. The molecule has 0 bridgehead atoms. The Bertz CT molecular complexity index is 894. The predicted octanol–water partition coefficient (Wildman–Crippen LogP) is 4.76. The molecule has 0 saturated heterocycles. The SMILES string of the molecule is C/C(=N\NC(=S)Nc1cccc(C)c1C)c1cc2ccccc2o1. The van der Waals surface area contributed by atoms with Gasteiger partial charge in [-0.2, -0.15) is 5.10 Å². The Balaban J connectivity index is 1.70. The van der Waals surface area contributed by atoms with Crippen LogP contribution >= 0.6 is 12.2 Å². The molecule has 1 aromatic heterocycles. The number of rotatable bonds is 3. The van der Waals surface area contributed by atoms with Crippen LogP contribution in [0.3, 0.4) is 0 Å². The molecule has 5 heteroatoms. The van der Waals surface area contributed by atoms with E-state index in [4.69, 9.17) is 16.6 Å². The Morgan fingerprint density at radius 3 is 2.67 bits per heavy atom. The molecule has 0 aliphatic carbocycles. The summed E-state index contributed by atoms with van der Waals surface area (Å²) < 4.78 is 5.78. The van der Waals surface area contributed by atoms with Gasteiger partial charge in [0, 0.05) is 11.1 Å². The van der Waals surface area contributed by atoms with Crippen LogP contribution in [-0.2, 0) is 0 Å². The number of furan rings is 1. The van der Waals surface area contributed by atoms with Crippen molar-refractivity contribution in [3.63, 3.8) is 0 Å². The van der Waals surface area contributed by atoms with Crippen molar-refractivity contribution in [1.82, 2.24) is 5.43 Å². The number of thiocarbonyl (C=S) groups is 1. The monoisotopic (exact) mass is 337 g/mol. The summed E-state index contributed by atoms with van der Waals surface area (Å²) in [6, 6.07) is 15.9. The first-order chi connectivity index (χ1) is 11.5. The minimum absolute atomic E-state index is 0.444. The standard InChI is InChI=1S/C19H19N3OS/c1-12-7-6-9-16(13(12)2)20-19(24)22-21-14(3)18-11-15-8-4-5-10-17(15)23-18/h4-11H,1-3H3,(H2,20,22,24)/b21-14+. The minimum Gasteiger partial charge on any atom is -0.455 e. The number of anilines is 1. The molecule has 3 rings (SSSR count). The molecule has 122 valence electrons. The Morgan fingerprint density at radius 2 is 1.88 bits per heavy atom. The van der Waals surface area contributed by atoms with E-state index in [0.717, 1.165) is 28.1 Å². The van der Waals surface area contributed by atoms with Gasteiger partial charge in [0.2, 0.25) is 0 Å². The van der Waals surface area contributed by atoms with Gasteiger partial charge in [0.05, 0.1) is 0 Å². The molecule has 0 amide bonds. The van der Waals surface area contributed by atoms with E-state index in [1.807, 2.05) is 49.4 Å². The number of aryl methyl sites for hydroxylation is 1. The molecule has 24 heavy (non-hydrogen) atoms. The van der Waals surface area contributed by atoms with Gasteiger partial charge < -0.3 is 9.73 Å². The molecular formula is C19H19N3OS. The predicted molar refractivity (Wildman–Crippen MR) is 104 cm³/mol. The third kappa shape index (κ3) is 3.46. The van der Waals surface area contributed by atoms with Crippen molar-refractivity contribution in [2.45, 2.75) is 20.8 Å². The summed E-state index contributed by atoms with van der Waals surface area (Å²) in [7, 11) is 0. The van der Waals surface area contributed by atoms with Crippen molar-refractivity contribution in [1.29, 1.82) is 0 Å². The maximum Gasteiger partial charge on any atom is 0.191 e. The van der Waals surface area contributed by atoms with E-state index in [2.05, 4.69) is 35.8 Å². The maximum atomic E-state index is 5.78. The number of hydrogen-bond acceptors (Lipinski definition) is 3. The highest BCUT2D eigenvalue weighted by Gasteiger charge is 2.07. The van der Waals surface area contributed by atoms with Gasteiger partial charge in [-0.3, -0.25) is 5.43 Å². The van der Waals surface area contributed by atoms with E-state index >= 15 is 0 Å². The fourth-order valence-corrected chi connectivity index (χ4v) is 2.54. The molecule has 2 N–H and O–H groups in total. The van der Waals surface area contributed by atoms with Crippen LogP contribution < -0.4 is 10.7 Å². The van der Waals surface area contributed by atoms with Gasteiger partial charge in [-0.05, 0) is 62.3 Å². The molecule has 0 spiro atoms. The van der Waals surface area contributed by atoms with E-state index in [1.54, 1.807) is 0 Å². The van der Waals surface area contributed by atoms with Crippen molar-refractivity contribution in [3.05, 3.63) is 65.4 Å². The highest BCUT2D eigenvalue weighted by atomic mass is 32.1. The van der Waals surface area contributed by atoms with Crippen LogP contribution in [0.2, 0.25) is 0 Å². The average molecular weight is 337 g/mol. The van der Waals surface area contributed by atoms with E-state index in [9.17, 15) is 0 Å². The van der Waals surface area contributed by atoms with E-state index in [-0.39, 0.29) is 0 Å². The quantitative estimate of drug-likeness (QED) is 0.411. The van der Waals surface area contributed by atoms with Crippen molar-refractivity contribution in [2.75, 3.05) is 5.32 Å². The van der Waals surface area contributed by atoms with E-state index < -0.39 is 0 Å². The molecule has 0 fully saturated rings. The van der Waals surface area contributed by atoms with Crippen LogP contribution in [0, 0.1) is 13.8 Å². The lowest BCUT2D eigenvalue weighted by atomic mass is 10.1. The molecule has 1 heterocycles. The second-order valence-electron chi connectivity index (χ2n) is 5.66. The molecule has 4 nitrogen and oxygen atoms in total. The Kier molecular flexibility index (Phi) is 4.62. The first-order valence-corrected chi connectivity index (χ1v) is 8.12. The molecule has 2 aromatic carbocycles. The Labute approximate surface area is 146 Å². The Morgan fingerprint density at radius 1 is 1.08 bits per heavy atom. The van der Waals surface area contributed by atoms with Crippen LogP contribution in [0.4, 0.5) is 5.69 Å². The number of hydrogen-bond donors (Lipinski definition) is 2. The van der Waals surface area contributed by atoms with Gasteiger partial charge in [-0.1, -0.05) is 30.3 Å². The zero-order valence-corrected chi connectivity index (χ0v) is 14.7. The minimum atomic E-state index is 0.444. The lowest BCUT2D eigenvalue weighted by molar-refractivity contribution is 0.603. The molecule has 0 aliphatic heterocycles. The van der Waals surface area contributed by atoms with Crippen molar-refractivity contribution >= 4 is 39.7 Å². The van der Waals surface area contributed by atoms with Crippen molar-refractivity contribution in [3.8, 4) is 0 Å². The fraction of sp³-hybridized carbons (Fsp3) is 0.158. The average Bonchev–Trinajstić information content (AvgIpc) is 3.01. The summed E-state index contributed by atoms with van der Waals surface area (Å²) >= 11 is 5.31. The van der Waals surface area contributed by atoms with Crippen LogP contribution in [0.5, 0.6) is 0 Å². The molecule has 0 saturated carbocycles. The second kappa shape index (κ2) is 6.84. The lowest BCUT2D eigenvalue weighted by Crippen LogP contribution is -2.25. The van der Waals surface area contributed by atoms with Crippen LogP contribution in [0.1, 0.15) is 23.8 Å². The number of nitrogens with one attached hydrogen (secondary N) is 2. The largest absolute Gasteiger partial charge is 0.455 e. The molecule has 3 aromatic rings. The normalized spacial score (nSPS) is 11.5. The van der Waals surface area contributed by atoms with Crippen LogP contribution in [0.15, 0.2) is 58.0 Å². The van der Waals surface area contributed by atoms with Gasteiger partial charge in [0.15, 0.2) is 10.9 Å². The van der Waals surface area contributed by atoms with Crippen molar-refractivity contribution < 1.29 is 4.42 Å². The molecule has 0 atom stereocenters. The number of benzene rings is 2. The number of nitrogens with zero attached hydrogens (tertiary/aromatic N) is 1. The number of hydrazone groups is 1. The smallest absolute Gasteiger partial charge is 0.191 e. The van der Waals surface area contributed by atoms with Crippen molar-refractivity contribution in [2.24, 2.45) is 5.10 Å². The highest BCUT2D eigenvalue weighted by molar-refractivity contribution is 7.80. The fourth-order valence-electron chi connectivity index (χ4n) is 2.39. The third-order valence-electron chi connectivity index (χ3n) is 3.96. The van der Waals surface area contributed by atoms with Gasteiger partial charge in [0.1, 0.15) is 11.3 Å². The van der Waals surface area contributed by atoms with E-state index in [0.29, 0.717) is 5.11 Å². The summed E-state index contributed by atoms with van der Waals surface area (Å²) in [6.45, 7) is 6.01. The van der Waals surface area contributed by atoms with Gasteiger partial charge in [-0.25, -0.2) is 0 Å². The summed E-state index contributed by atoms with van der Waals surface area (Å²) in [4.78, 5) is 0. The zero-order valence-electron chi connectivity index (χ0n) is 13.9. The number of fused-ring (bicyclic) bond motifs is 1. The third-order valence-corrected chi connectivity index (χ3v) is 4.15. The second-order valence-corrected chi connectivity index (χ2v) is 6.07. The zero-order chi connectivity index (χ0) is 17.1. The van der Waals surface area contributed by atoms with Crippen LogP contribution in [0.25, 0.3) is 11.0 Å². The first kappa shape index (κ1) is 16.2. The lowest BCUT2D eigenvalue weighted by Gasteiger charge is -2.11. The van der Waals surface area contributed by atoms with E-state index in [1.165, 1.54) is 11.1 Å².